The number of primary amides is 1. The second-order valence-electron chi connectivity index (χ2n) is 8.89. The molecule has 0 radical (unpaired) electrons. The summed E-state index contributed by atoms with van der Waals surface area (Å²) in [6.45, 7) is 4.91. The van der Waals surface area contributed by atoms with E-state index in [-0.39, 0.29) is 16.8 Å². The summed E-state index contributed by atoms with van der Waals surface area (Å²) >= 11 is 6.21. The molecule has 0 saturated carbocycles. The van der Waals surface area contributed by atoms with Gasteiger partial charge in [0.15, 0.2) is 6.04 Å². The normalized spacial score (nSPS) is 18.3. The molecule has 0 unspecified atom stereocenters. The predicted molar refractivity (Wildman–Crippen MR) is 132 cm³/mol. The lowest BCUT2D eigenvalue weighted by molar-refractivity contribution is -0.121. The van der Waals surface area contributed by atoms with Crippen molar-refractivity contribution in [2.24, 2.45) is 5.73 Å². The van der Waals surface area contributed by atoms with E-state index in [1.165, 1.54) is 4.68 Å². The highest BCUT2D eigenvalue weighted by atomic mass is 35.5. The minimum absolute atomic E-state index is 0.175. The fourth-order valence-electron chi connectivity index (χ4n) is 3.74. The first kappa shape index (κ1) is 24.4. The van der Waals surface area contributed by atoms with Crippen molar-refractivity contribution in [2.45, 2.75) is 44.9 Å². The lowest BCUT2D eigenvalue weighted by Gasteiger charge is -2.22. The smallest absolute Gasteiger partial charge is 0.288 e. The Morgan fingerprint density at radius 2 is 2.00 bits per heavy atom. The SMILES string of the molecule is C[C@@H]1Oc2ccc(/C=C(\Cl)C(C)(C)O)cc2NC(=O)[C@H]1n1nc(C(N)=O)nc1Cc1ccccc1. The van der Waals surface area contributed by atoms with E-state index >= 15 is 0 Å². The third kappa shape index (κ3) is 5.36. The van der Waals surface area contributed by atoms with Gasteiger partial charge in [0.2, 0.25) is 5.82 Å². The van der Waals surface area contributed by atoms with Crippen molar-refractivity contribution in [2.75, 3.05) is 5.32 Å². The molecule has 3 aromatic rings. The van der Waals surface area contributed by atoms with Crippen molar-refractivity contribution in [1.82, 2.24) is 14.8 Å². The third-order valence-corrected chi connectivity index (χ3v) is 6.13. The maximum Gasteiger partial charge on any atom is 0.288 e. The molecule has 2 heterocycles. The molecule has 10 heteroatoms. The number of halogens is 1. The predicted octanol–water partition coefficient (Wildman–Crippen LogP) is 3.28. The zero-order valence-corrected chi connectivity index (χ0v) is 20.3. The van der Waals surface area contributed by atoms with Crippen LogP contribution in [-0.2, 0) is 11.2 Å². The van der Waals surface area contributed by atoms with Gasteiger partial charge in [-0.15, -0.1) is 5.10 Å². The molecule has 0 fully saturated rings. The van der Waals surface area contributed by atoms with Crippen LogP contribution in [0.5, 0.6) is 5.75 Å². The van der Waals surface area contributed by atoms with E-state index in [4.69, 9.17) is 22.1 Å². The molecule has 1 aliphatic rings. The number of hydrogen-bond donors (Lipinski definition) is 3. The number of benzene rings is 2. The van der Waals surface area contributed by atoms with Crippen LogP contribution in [0, 0.1) is 0 Å². The quantitative estimate of drug-likeness (QED) is 0.480. The first-order valence-electron chi connectivity index (χ1n) is 11.0. The molecule has 4 N–H and O–H groups in total. The van der Waals surface area contributed by atoms with Crippen LogP contribution >= 0.6 is 11.6 Å². The van der Waals surface area contributed by atoms with Crippen LogP contribution < -0.4 is 15.8 Å². The van der Waals surface area contributed by atoms with E-state index in [0.717, 1.165) is 5.56 Å². The monoisotopic (exact) mass is 495 g/mol. The maximum absolute atomic E-state index is 13.4. The van der Waals surface area contributed by atoms with E-state index < -0.39 is 23.7 Å². The van der Waals surface area contributed by atoms with Crippen LogP contribution in [0.3, 0.4) is 0 Å². The van der Waals surface area contributed by atoms with Gasteiger partial charge in [0.25, 0.3) is 11.8 Å². The fourth-order valence-corrected chi connectivity index (χ4v) is 3.86. The van der Waals surface area contributed by atoms with Gasteiger partial charge in [-0.05, 0) is 50.1 Å². The number of rotatable bonds is 6. The molecule has 0 bridgehead atoms. The summed E-state index contributed by atoms with van der Waals surface area (Å²) in [6, 6.07) is 13.8. The number of aromatic nitrogens is 3. The molecule has 2 aromatic carbocycles. The van der Waals surface area contributed by atoms with Gasteiger partial charge >= 0.3 is 0 Å². The second kappa shape index (κ2) is 9.52. The first-order valence-corrected chi connectivity index (χ1v) is 11.4. The van der Waals surface area contributed by atoms with Crippen LogP contribution in [0.2, 0.25) is 0 Å². The molecule has 0 saturated heterocycles. The van der Waals surface area contributed by atoms with Crippen LogP contribution in [0.15, 0.2) is 53.6 Å². The molecule has 35 heavy (non-hydrogen) atoms. The first-order chi connectivity index (χ1) is 16.5. The lowest BCUT2D eigenvalue weighted by atomic mass is 10.1. The summed E-state index contributed by atoms with van der Waals surface area (Å²) in [7, 11) is 0. The van der Waals surface area contributed by atoms with Gasteiger partial charge in [-0.25, -0.2) is 9.67 Å². The van der Waals surface area contributed by atoms with Crippen molar-refractivity contribution < 1.29 is 19.4 Å². The molecule has 1 aliphatic heterocycles. The molecule has 182 valence electrons. The van der Waals surface area contributed by atoms with Gasteiger partial charge in [-0.1, -0.05) is 48.0 Å². The lowest BCUT2D eigenvalue weighted by Crippen LogP contribution is -2.36. The number of nitrogens with one attached hydrogen (secondary N) is 1. The Kier molecular flexibility index (Phi) is 6.64. The summed E-state index contributed by atoms with van der Waals surface area (Å²) in [5.74, 6) is -0.478. The van der Waals surface area contributed by atoms with Gasteiger partial charge in [0, 0.05) is 11.5 Å². The number of anilines is 1. The number of hydrogen-bond acceptors (Lipinski definition) is 6. The summed E-state index contributed by atoms with van der Waals surface area (Å²) in [4.78, 5) is 29.5. The highest BCUT2D eigenvalue weighted by Gasteiger charge is 2.36. The minimum atomic E-state index is -1.20. The van der Waals surface area contributed by atoms with Crippen LogP contribution in [-0.4, -0.2) is 43.4 Å². The van der Waals surface area contributed by atoms with E-state index in [9.17, 15) is 14.7 Å². The number of nitrogens with two attached hydrogens (primary N) is 1. The van der Waals surface area contributed by atoms with Gasteiger partial charge in [0.1, 0.15) is 17.7 Å². The van der Waals surface area contributed by atoms with Crippen molar-refractivity contribution in [3.63, 3.8) is 0 Å². The van der Waals surface area contributed by atoms with Crippen molar-refractivity contribution in [3.8, 4) is 5.75 Å². The van der Waals surface area contributed by atoms with E-state index in [2.05, 4.69) is 15.4 Å². The Bertz CT molecular complexity index is 1300. The Morgan fingerprint density at radius 3 is 2.66 bits per heavy atom. The van der Waals surface area contributed by atoms with Crippen molar-refractivity contribution >= 4 is 35.2 Å². The second-order valence-corrected chi connectivity index (χ2v) is 9.29. The zero-order chi connectivity index (χ0) is 25.3. The van der Waals surface area contributed by atoms with Gasteiger partial charge in [0.05, 0.1) is 11.3 Å². The van der Waals surface area contributed by atoms with Crippen LogP contribution in [0.1, 0.15) is 54.4 Å². The zero-order valence-electron chi connectivity index (χ0n) is 19.5. The molecular formula is C25H26ClN5O4. The molecule has 2 amide bonds. The Balaban J connectivity index is 1.69. The number of ether oxygens (including phenoxy) is 1. The van der Waals surface area contributed by atoms with Gasteiger partial charge in [-0.3, -0.25) is 9.59 Å². The number of fused-ring (bicyclic) bond motifs is 1. The van der Waals surface area contributed by atoms with Crippen LogP contribution in [0.25, 0.3) is 6.08 Å². The number of carbonyl (C=O) groups is 2. The number of carbonyl (C=O) groups excluding carboxylic acids is 2. The van der Waals surface area contributed by atoms with Gasteiger partial charge in [-0.2, -0.15) is 0 Å². The average molecular weight is 496 g/mol. The highest BCUT2D eigenvalue weighted by molar-refractivity contribution is 6.32. The molecule has 4 rings (SSSR count). The van der Waals surface area contributed by atoms with Crippen molar-refractivity contribution in [1.29, 1.82) is 0 Å². The van der Waals surface area contributed by atoms with E-state index in [1.807, 2.05) is 30.3 Å². The summed E-state index contributed by atoms with van der Waals surface area (Å²) in [6.07, 6.45) is 1.32. The summed E-state index contributed by atoms with van der Waals surface area (Å²) in [5, 5.41) is 17.5. The largest absolute Gasteiger partial charge is 0.486 e. The maximum atomic E-state index is 13.4. The Labute approximate surface area is 207 Å². The summed E-state index contributed by atoms with van der Waals surface area (Å²) in [5.41, 5.74) is 6.28. The molecule has 9 nitrogen and oxygen atoms in total. The number of nitrogens with zero attached hydrogens (tertiary/aromatic N) is 3. The topological polar surface area (TPSA) is 132 Å². The van der Waals surface area contributed by atoms with Crippen molar-refractivity contribution in [3.05, 3.63) is 76.3 Å². The average Bonchev–Trinajstić information content (AvgIpc) is 3.13. The van der Waals surface area contributed by atoms with Crippen LogP contribution in [0.4, 0.5) is 5.69 Å². The molecular weight excluding hydrogens is 470 g/mol. The standard InChI is InChI=1S/C25H26ClN5O4/c1-14-21(31-20(29-23(30-31)22(27)32)13-15-7-5-4-6-8-15)24(33)28-17-11-16(9-10-18(17)35-14)12-19(26)25(2,3)34/h4-12,14,21,34H,13H2,1-3H3,(H2,27,32)(H,28,33)/b19-12-/t14-,21-/m0/s1. The van der Waals surface area contributed by atoms with E-state index in [0.29, 0.717) is 29.2 Å². The molecule has 2 atom stereocenters. The molecule has 1 aromatic heterocycles. The Morgan fingerprint density at radius 1 is 1.29 bits per heavy atom. The third-order valence-electron chi connectivity index (χ3n) is 5.56. The summed E-state index contributed by atoms with van der Waals surface area (Å²) < 4.78 is 7.51. The van der Waals surface area contributed by atoms with Gasteiger partial charge < -0.3 is 20.9 Å². The fraction of sp³-hybridized carbons (Fsp3) is 0.280. The number of amides is 2. The molecule has 0 spiro atoms. The number of aliphatic hydroxyl groups is 1. The highest BCUT2D eigenvalue weighted by Crippen LogP contribution is 2.35. The van der Waals surface area contributed by atoms with E-state index in [1.54, 1.807) is 45.0 Å². The molecule has 0 aliphatic carbocycles. The minimum Gasteiger partial charge on any atom is -0.486 e. The Hall–Kier alpha value is -3.69.